The molecule has 90 valence electrons. The van der Waals surface area contributed by atoms with Gasteiger partial charge in [-0.2, -0.15) is 0 Å². The minimum Gasteiger partial charge on any atom is -0.497 e. The lowest BCUT2D eigenvalue weighted by molar-refractivity contribution is 0.412. The number of fused-ring (bicyclic) bond motifs is 1. The van der Waals surface area contributed by atoms with Gasteiger partial charge in [-0.25, -0.2) is 0 Å². The first-order valence-electron chi connectivity index (χ1n) is 6.28. The predicted molar refractivity (Wildman–Crippen MR) is 73.5 cm³/mol. The number of ether oxygens (including phenoxy) is 2. The smallest absolute Gasteiger partial charge is 0.126 e. The molecule has 2 aromatic rings. The average Bonchev–Trinajstić information content (AvgIpc) is 2.36. The summed E-state index contributed by atoms with van der Waals surface area (Å²) in [4.78, 5) is 0.894. The zero-order valence-corrected chi connectivity index (χ0v) is 10.9. The van der Waals surface area contributed by atoms with Crippen LogP contribution in [-0.4, -0.2) is 19.9 Å². The van der Waals surface area contributed by atoms with Gasteiger partial charge in [0.15, 0.2) is 0 Å². The molecule has 0 heterocycles. The van der Waals surface area contributed by atoms with Crippen molar-refractivity contribution in [3.05, 3.63) is 30.3 Å². The Bertz CT molecular complexity index is 594. The van der Waals surface area contributed by atoms with E-state index in [9.17, 15) is 0 Å². The molecule has 0 aliphatic heterocycles. The molecule has 2 aromatic carbocycles. The molecule has 0 saturated carbocycles. The monoisotopic (exact) mass is 250 g/mol. The molecule has 0 aliphatic carbocycles. The lowest BCUT2D eigenvalue weighted by Crippen LogP contribution is -1.89. The zero-order chi connectivity index (χ0) is 14.0. The molecule has 0 bridgehead atoms. The zero-order valence-electron chi connectivity index (χ0n) is 12.1. The molecule has 3 heteroatoms. The first-order chi connectivity index (χ1) is 8.94. The molecule has 0 spiro atoms. The van der Waals surface area contributed by atoms with E-state index in [1.165, 1.54) is 11.8 Å². The molecule has 1 unspecified atom stereocenters. The molecule has 0 saturated heterocycles. The Hall–Kier alpha value is -1.35. The van der Waals surface area contributed by atoms with Crippen LogP contribution in [0.25, 0.3) is 10.8 Å². The molecule has 0 amide bonds. The van der Waals surface area contributed by atoms with Crippen molar-refractivity contribution in [2.24, 2.45) is 0 Å². The fourth-order valence-electron chi connectivity index (χ4n) is 1.78. The molecule has 2 nitrogen and oxygen atoms in total. The molecule has 17 heavy (non-hydrogen) atoms. The van der Waals surface area contributed by atoms with Crippen LogP contribution < -0.4 is 9.47 Å². The van der Waals surface area contributed by atoms with Gasteiger partial charge in [-0.15, -0.1) is 11.8 Å². The van der Waals surface area contributed by atoms with E-state index >= 15 is 0 Å². The number of methoxy groups -OCH3 is 2. The number of rotatable bonds is 4. The summed E-state index contributed by atoms with van der Waals surface area (Å²) in [5, 5.41) is 1.90. The predicted octanol–water partition coefficient (Wildman–Crippen LogP) is 3.97. The molecule has 0 radical (unpaired) electrons. The van der Waals surface area contributed by atoms with Crippen molar-refractivity contribution in [3.8, 4) is 11.5 Å². The van der Waals surface area contributed by atoms with E-state index in [2.05, 4.69) is 0 Å². The van der Waals surface area contributed by atoms with Gasteiger partial charge in [0.2, 0.25) is 0 Å². The van der Waals surface area contributed by atoms with Gasteiger partial charge in [0.05, 0.1) is 14.2 Å². The van der Waals surface area contributed by atoms with E-state index in [0.717, 1.165) is 27.2 Å². The summed E-state index contributed by atoms with van der Waals surface area (Å²) in [5.74, 6) is 1.52. The lowest BCUT2D eigenvalue weighted by Gasteiger charge is -2.11. The average molecular weight is 250 g/mol. The molecular formula is C14H16O2S. The second kappa shape index (κ2) is 5.32. The van der Waals surface area contributed by atoms with Gasteiger partial charge in [0.1, 0.15) is 11.5 Å². The van der Waals surface area contributed by atoms with Crippen molar-refractivity contribution < 1.29 is 12.2 Å². The molecular weight excluding hydrogens is 233 g/mol. The van der Waals surface area contributed by atoms with Crippen LogP contribution in [0.15, 0.2) is 35.2 Å². The molecule has 0 N–H and O–H groups in total. The fourth-order valence-corrected chi connectivity index (χ4v) is 2.42. The Labute approximate surface area is 109 Å². The van der Waals surface area contributed by atoms with Crippen molar-refractivity contribution in [3.63, 3.8) is 0 Å². The van der Waals surface area contributed by atoms with Gasteiger partial charge in [0, 0.05) is 13.0 Å². The number of benzene rings is 2. The third-order valence-corrected chi connectivity index (χ3v) is 3.36. The SMILES string of the molecule is [1H][13C]([2H])(C)Sc1ccc(OC)c2cc(OC)ccc12. The summed E-state index contributed by atoms with van der Waals surface area (Å²) in [6.07, 6.45) is 0. The van der Waals surface area contributed by atoms with E-state index in [-0.39, 0.29) is 0 Å². The van der Waals surface area contributed by atoms with Crippen molar-refractivity contribution >= 4 is 22.5 Å². The highest BCUT2D eigenvalue weighted by Crippen LogP contribution is 2.35. The molecule has 0 aromatic heterocycles. The summed E-state index contributed by atoms with van der Waals surface area (Å²) >= 11 is 1.20. The topological polar surface area (TPSA) is 18.5 Å². The molecule has 2 rings (SSSR count). The van der Waals surface area contributed by atoms with Crippen LogP contribution in [0.4, 0.5) is 0 Å². The van der Waals surface area contributed by atoms with Crippen molar-refractivity contribution in [2.45, 2.75) is 11.8 Å². The van der Waals surface area contributed by atoms with E-state index in [4.69, 9.17) is 12.2 Å². The second-order valence-corrected chi connectivity index (χ2v) is 4.54. The maximum Gasteiger partial charge on any atom is 0.126 e. The Morgan fingerprint density at radius 1 is 1.24 bits per heavy atom. The summed E-state index contributed by atoms with van der Waals surface area (Å²) in [6, 6.07) is 9.46. The van der Waals surface area contributed by atoms with Gasteiger partial charge < -0.3 is 9.47 Å². The van der Waals surface area contributed by atoms with Crippen LogP contribution in [0.3, 0.4) is 0 Å². The fraction of sp³-hybridized carbons (Fsp3) is 0.286. The Morgan fingerprint density at radius 3 is 2.71 bits per heavy atom. The summed E-state index contributed by atoms with van der Waals surface area (Å²) < 4.78 is 26.0. The first kappa shape index (κ1) is 9.66. The quantitative estimate of drug-likeness (QED) is 0.604. The molecule has 1 atom stereocenters. The van der Waals surface area contributed by atoms with Crippen LogP contribution in [0.1, 0.15) is 9.67 Å². The number of hydrogen-bond donors (Lipinski definition) is 0. The van der Waals surface area contributed by atoms with Gasteiger partial charge in [-0.3, -0.25) is 0 Å². The third-order valence-electron chi connectivity index (χ3n) is 2.58. The van der Waals surface area contributed by atoms with Crippen LogP contribution in [-0.2, 0) is 0 Å². The van der Waals surface area contributed by atoms with Crippen molar-refractivity contribution in [1.82, 2.24) is 0 Å². The number of thioether (sulfide) groups is 1. The number of hydrogen-bond acceptors (Lipinski definition) is 3. The van der Waals surface area contributed by atoms with Crippen LogP contribution in [0, 0.1) is 0 Å². The van der Waals surface area contributed by atoms with Crippen molar-refractivity contribution in [2.75, 3.05) is 19.9 Å². The van der Waals surface area contributed by atoms with E-state index in [1.807, 2.05) is 30.3 Å². The van der Waals surface area contributed by atoms with Crippen LogP contribution in [0.5, 0.6) is 11.5 Å². The Kier molecular flexibility index (Phi) is 3.02. The van der Waals surface area contributed by atoms with Crippen LogP contribution in [0.2, 0.25) is 0 Å². The molecule has 0 aliphatic rings. The van der Waals surface area contributed by atoms with Crippen molar-refractivity contribution in [1.29, 1.82) is 0 Å². The van der Waals surface area contributed by atoms with Gasteiger partial charge in [-0.05, 0) is 41.4 Å². The highest BCUT2D eigenvalue weighted by atomic mass is 32.2. The summed E-state index contributed by atoms with van der Waals surface area (Å²) in [6.45, 7) is 1.55. The largest absolute Gasteiger partial charge is 0.497 e. The van der Waals surface area contributed by atoms with Crippen LogP contribution >= 0.6 is 11.8 Å². The minimum absolute atomic E-state index is 0.757. The Balaban J connectivity index is 2.62. The summed E-state index contributed by atoms with van der Waals surface area (Å²) in [5.41, 5.74) is -1.32. The van der Waals surface area contributed by atoms with Gasteiger partial charge >= 0.3 is 0 Å². The normalized spacial score (nSPS) is 15.9. The Morgan fingerprint density at radius 2 is 2.06 bits per heavy atom. The van der Waals surface area contributed by atoms with E-state index < -0.39 is 5.70 Å². The molecule has 0 fully saturated rings. The third kappa shape index (κ3) is 2.34. The minimum atomic E-state index is -1.32. The van der Waals surface area contributed by atoms with Gasteiger partial charge in [0.25, 0.3) is 0 Å². The highest BCUT2D eigenvalue weighted by molar-refractivity contribution is 7.99. The maximum atomic E-state index is 7.70. The maximum absolute atomic E-state index is 7.70. The standard InChI is InChI=1S/C14H16O2S/c1-4-17-14-8-7-13(16-3)12-9-10(15-2)5-6-11(12)14/h5-9H,4H2,1-3H3/i4+1DH. The van der Waals surface area contributed by atoms with Gasteiger partial charge in [-0.1, -0.05) is 6.92 Å². The summed E-state index contributed by atoms with van der Waals surface area (Å²) in [7, 11) is 3.25. The first-order valence-corrected chi connectivity index (χ1v) is 6.10. The second-order valence-electron chi connectivity index (χ2n) is 3.48. The lowest BCUT2D eigenvalue weighted by atomic mass is 10.1. The highest BCUT2D eigenvalue weighted by Gasteiger charge is 2.07. The van der Waals surface area contributed by atoms with E-state index in [0.29, 0.717) is 0 Å². The van der Waals surface area contributed by atoms with E-state index in [1.54, 1.807) is 21.1 Å².